The Balaban J connectivity index is 4.01. The molecule has 0 rings (SSSR count). The zero-order valence-corrected chi connectivity index (χ0v) is 15.9. The summed E-state index contributed by atoms with van der Waals surface area (Å²) in [7, 11) is 0. The summed E-state index contributed by atoms with van der Waals surface area (Å²) in [5, 5.41) is 8.74. The van der Waals surface area contributed by atoms with Crippen LogP contribution in [0.4, 0.5) is 0 Å². The second-order valence-corrected chi connectivity index (χ2v) is 5.87. The molecular formula is C21H34O4. The van der Waals surface area contributed by atoms with E-state index in [4.69, 9.17) is 14.6 Å². The number of aliphatic carboxylic acids is 1. The highest BCUT2D eigenvalue weighted by Gasteiger charge is 2.10. The Labute approximate surface area is 153 Å². The van der Waals surface area contributed by atoms with Crippen molar-refractivity contribution in [3.05, 3.63) is 0 Å². The van der Waals surface area contributed by atoms with E-state index in [0.717, 1.165) is 38.5 Å². The van der Waals surface area contributed by atoms with Crippen molar-refractivity contribution in [3.8, 4) is 23.7 Å². The molecule has 0 amide bonds. The molecule has 0 aromatic heterocycles. The molecule has 0 fully saturated rings. The highest BCUT2D eigenvalue weighted by atomic mass is 16.7. The number of hydrogen-bond acceptors (Lipinski definition) is 3. The van der Waals surface area contributed by atoms with Crippen molar-refractivity contribution in [2.75, 3.05) is 13.2 Å². The van der Waals surface area contributed by atoms with Gasteiger partial charge in [-0.3, -0.25) is 4.79 Å². The van der Waals surface area contributed by atoms with Crippen molar-refractivity contribution >= 4 is 5.97 Å². The number of rotatable bonds is 14. The fraction of sp³-hybridized carbons (Fsp3) is 0.762. The van der Waals surface area contributed by atoms with E-state index in [2.05, 4.69) is 37.5 Å². The third kappa shape index (κ3) is 18.7. The summed E-state index contributed by atoms with van der Waals surface area (Å²) in [5.74, 6) is 11.7. The summed E-state index contributed by atoms with van der Waals surface area (Å²) in [6.07, 6.45) is 8.71. The smallest absolute Gasteiger partial charge is 0.303 e. The van der Waals surface area contributed by atoms with Crippen molar-refractivity contribution < 1.29 is 19.4 Å². The van der Waals surface area contributed by atoms with Crippen LogP contribution in [-0.2, 0) is 14.3 Å². The molecule has 0 aromatic rings. The zero-order valence-electron chi connectivity index (χ0n) is 15.9. The van der Waals surface area contributed by atoms with E-state index in [9.17, 15) is 4.79 Å². The number of carboxylic acid groups (broad SMARTS) is 1. The van der Waals surface area contributed by atoms with Crippen LogP contribution in [0.25, 0.3) is 0 Å². The van der Waals surface area contributed by atoms with Crippen molar-refractivity contribution in [2.45, 2.75) is 90.8 Å². The molecule has 0 aliphatic carbocycles. The number of hydrogen-bond donors (Lipinski definition) is 1. The lowest BCUT2D eigenvalue weighted by atomic mass is 10.2. The van der Waals surface area contributed by atoms with Crippen molar-refractivity contribution in [1.29, 1.82) is 0 Å². The lowest BCUT2D eigenvalue weighted by Gasteiger charge is -2.17. The van der Waals surface area contributed by atoms with Gasteiger partial charge in [-0.05, 0) is 25.7 Å². The quantitative estimate of drug-likeness (QED) is 0.278. The molecule has 0 heterocycles. The average molecular weight is 350 g/mol. The summed E-state index contributed by atoms with van der Waals surface area (Å²) < 4.78 is 11.4. The van der Waals surface area contributed by atoms with E-state index in [1.54, 1.807) is 0 Å². The Bertz CT molecular complexity index is 404. The van der Waals surface area contributed by atoms with Crippen LogP contribution in [0.15, 0.2) is 0 Å². The molecule has 0 aliphatic heterocycles. The van der Waals surface area contributed by atoms with Crippen LogP contribution in [0.3, 0.4) is 0 Å². The molecule has 25 heavy (non-hydrogen) atoms. The standard InChI is InChI=1S/C21H34O4/c1-3-5-7-9-11-13-18-24-21(17-15-16-20(22)23)25-19-14-12-10-8-6-4-2/h21H,3-8,13-19H2,1-2H3,(H,22,23). The minimum atomic E-state index is -0.790. The Kier molecular flexibility index (Phi) is 17.7. The van der Waals surface area contributed by atoms with Gasteiger partial charge in [0, 0.05) is 32.1 Å². The highest BCUT2D eigenvalue weighted by molar-refractivity contribution is 5.66. The first kappa shape index (κ1) is 23.5. The van der Waals surface area contributed by atoms with Gasteiger partial charge >= 0.3 is 5.97 Å². The molecule has 0 saturated carbocycles. The van der Waals surface area contributed by atoms with Crippen LogP contribution in [0.5, 0.6) is 0 Å². The predicted octanol–water partition coefficient (Wildman–Crippen LogP) is 4.77. The maximum atomic E-state index is 10.6. The molecule has 0 unspecified atom stereocenters. The number of unbranched alkanes of at least 4 members (excludes halogenated alkanes) is 4. The maximum absolute atomic E-state index is 10.6. The summed E-state index contributed by atoms with van der Waals surface area (Å²) in [5.41, 5.74) is 0. The molecule has 0 saturated heterocycles. The maximum Gasteiger partial charge on any atom is 0.303 e. The van der Waals surface area contributed by atoms with Gasteiger partial charge in [0.2, 0.25) is 0 Å². The second kappa shape index (κ2) is 18.8. The largest absolute Gasteiger partial charge is 0.481 e. The van der Waals surface area contributed by atoms with Crippen LogP contribution in [-0.4, -0.2) is 30.6 Å². The van der Waals surface area contributed by atoms with Crippen molar-refractivity contribution in [2.24, 2.45) is 0 Å². The van der Waals surface area contributed by atoms with Gasteiger partial charge in [0.25, 0.3) is 0 Å². The highest BCUT2D eigenvalue weighted by Crippen LogP contribution is 2.08. The Morgan fingerprint density at radius 1 is 0.840 bits per heavy atom. The molecule has 0 bridgehead atoms. The monoisotopic (exact) mass is 350 g/mol. The zero-order chi connectivity index (χ0) is 18.6. The third-order valence-electron chi connectivity index (χ3n) is 3.45. The molecule has 142 valence electrons. The molecule has 0 atom stereocenters. The molecule has 1 N–H and O–H groups in total. The van der Waals surface area contributed by atoms with Gasteiger partial charge < -0.3 is 14.6 Å². The molecular weight excluding hydrogens is 316 g/mol. The fourth-order valence-electron chi connectivity index (χ4n) is 2.00. The van der Waals surface area contributed by atoms with E-state index in [1.807, 2.05) is 0 Å². The minimum Gasteiger partial charge on any atom is -0.481 e. The normalized spacial score (nSPS) is 10.0. The lowest BCUT2D eigenvalue weighted by molar-refractivity contribution is -0.147. The van der Waals surface area contributed by atoms with E-state index in [1.165, 1.54) is 0 Å². The SMILES string of the molecule is CCCCC#CCCOC(CCCC(=O)O)OCCC#CCCCC. The number of carboxylic acids is 1. The summed E-state index contributed by atoms with van der Waals surface area (Å²) in [6.45, 7) is 5.33. The Morgan fingerprint density at radius 2 is 1.32 bits per heavy atom. The Morgan fingerprint density at radius 3 is 1.76 bits per heavy atom. The molecule has 0 aliphatic rings. The first-order valence-electron chi connectivity index (χ1n) is 9.57. The van der Waals surface area contributed by atoms with Crippen molar-refractivity contribution in [3.63, 3.8) is 0 Å². The van der Waals surface area contributed by atoms with E-state index < -0.39 is 5.97 Å². The molecule has 4 heteroatoms. The van der Waals surface area contributed by atoms with Gasteiger partial charge in [0.05, 0.1) is 13.2 Å². The van der Waals surface area contributed by atoms with Gasteiger partial charge in [0.15, 0.2) is 6.29 Å². The lowest BCUT2D eigenvalue weighted by Crippen LogP contribution is -2.19. The molecule has 0 radical (unpaired) electrons. The first-order valence-corrected chi connectivity index (χ1v) is 9.57. The van der Waals surface area contributed by atoms with Crippen LogP contribution >= 0.6 is 0 Å². The van der Waals surface area contributed by atoms with Crippen LogP contribution in [0.1, 0.15) is 84.5 Å². The van der Waals surface area contributed by atoms with E-state index in [-0.39, 0.29) is 12.7 Å². The average Bonchev–Trinajstić information content (AvgIpc) is 2.59. The summed E-state index contributed by atoms with van der Waals surface area (Å²) >= 11 is 0. The summed E-state index contributed by atoms with van der Waals surface area (Å²) in [6, 6.07) is 0. The second-order valence-electron chi connectivity index (χ2n) is 5.87. The van der Waals surface area contributed by atoms with E-state index >= 15 is 0 Å². The number of carbonyl (C=O) groups is 1. The third-order valence-corrected chi connectivity index (χ3v) is 3.45. The first-order chi connectivity index (χ1) is 12.2. The van der Waals surface area contributed by atoms with Crippen LogP contribution in [0.2, 0.25) is 0 Å². The van der Waals surface area contributed by atoms with Gasteiger partial charge in [-0.1, -0.05) is 26.7 Å². The van der Waals surface area contributed by atoms with Crippen LogP contribution < -0.4 is 0 Å². The predicted molar refractivity (Wildman–Crippen MR) is 101 cm³/mol. The van der Waals surface area contributed by atoms with Crippen LogP contribution in [0, 0.1) is 23.7 Å². The number of ether oxygens (including phenoxy) is 2. The van der Waals surface area contributed by atoms with Crippen molar-refractivity contribution in [1.82, 2.24) is 0 Å². The molecule has 0 spiro atoms. The topological polar surface area (TPSA) is 55.8 Å². The Hall–Kier alpha value is -1.49. The minimum absolute atomic E-state index is 0.136. The molecule has 4 nitrogen and oxygen atoms in total. The van der Waals surface area contributed by atoms with Gasteiger partial charge in [-0.15, -0.1) is 23.7 Å². The van der Waals surface area contributed by atoms with Gasteiger partial charge in [-0.25, -0.2) is 0 Å². The molecule has 0 aromatic carbocycles. The van der Waals surface area contributed by atoms with Gasteiger partial charge in [0.1, 0.15) is 0 Å². The fourth-order valence-corrected chi connectivity index (χ4v) is 2.00. The summed E-state index contributed by atoms with van der Waals surface area (Å²) in [4.78, 5) is 10.6. The van der Waals surface area contributed by atoms with Gasteiger partial charge in [-0.2, -0.15) is 0 Å². The van der Waals surface area contributed by atoms with E-state index in [0.29, 0.717) is 38.9 Å².